The molecular weight excluding hydrogens is 239 g/mol. The maximum atomic E-state index is 10.6. The van der Waals surface area contributed by atoms with E-state index in [4.69, 9.17) is 33.0 Å². The molecule has 15 heavy (non-hydrogen) atoms. The second-order valence-corrected chi connectivity index (χ2v) is 4.26. The Morgan fingerprint density at radius 2 is 2.27 bits per heavy atom. The van der Waals surface area contributed by atoms with Gasteiger partial charge >= 0.3 is 5.97 Å². The Morgan fingerprint density at radius 1 is 1.53 bits per heavy atom. The minimum Gasteiger partial charge on any atom is -0.491 e. The predicted molar refractivity (Wildman–Crippen MR) is 57.0 cm³/mol. The second kappa shape index (κ2) is 3.91. The largest absolute Gasteiger partial charge is 0.491 e. The van der Waals surface area contributed by atoms with Crippen molar-refractivity contribution in [2.45, 2.75) is 12.3 Å². The molecule has 0 radical (unpaired) electrons. The monoisotopic (exact) mass is 246 g/mol. The van der Waals surface area contributed by atoms with E-state index in [9.17, 15) is 4.79 Å². The molecule has 1 aromatic carbocycles. The summed E-state index contributed by atoms with van der Waals surface area (Å²) in [6.07, 6.45) is 0.0314. The first-order valence-electron chi connectivity index (χ1n) is 4.41. The van der Waals surface area contributed by atoms with Crippen molar-refractivity contribution in [3.8, 4) is 5.75 Å². The Balaban J connectivity index is 2.37. The number of carboxylic acid groups (broad SMARTS) is 1. The number of fused-ring (bicyclic) bond motifs is 1. The molecule has 0 spiro atoms. The van der Waals surface area contributed by atoms with E-state index < -0.39 is 5.97 Å². The molecule has 0 bridgehead atoms. The van der Waals surface area contributed by atoms with Crippen molar-refractivity contribution in [2.75, 3.05) is 6.61 Å². The summed E-state index contributed by atoms with van der Waals surface area (Å²) in [5, 5.41) is 9.65. The van der Waals surface area contributed by atoms with E-state index in [0.29, 0.717) is 22.4 Å². The van der Waals surface area contributed by atoms with Crippen LogP contribution in [-0.2, 0) is 4.79 Å². The van der Waals surface area contributed by atoms with Crippen LogP contribution in [0.3, 0.4) is 0 Å². The fourth-order valence-corrected chi connectivity index (χ4v) is 2.25. The van der Waals surface area contributed by atoms with E-state index in [1.807, 2.05) is 0 Å². The summed E-state index contributed by atoms with van der Waals surface area (Å²) < 4.78 is 5.34. The lowest BCUT2D eigenvalue weighted by Gasteiger charge is -2.05. The van der Waals surface area contributed by atoms with Crippen LogP contribution in [0.1, 0.15) is 17.9 Å². The van der Waals surface area contributed by atoms with E-state index in [1.165, 1.54) is 0 Å². The molecule has 1 heterocycles. The quantitative estimate of drug-likeness (QED) is 0.873. The summed E-state index contributed by atoms with van der Waals surface area (Å²) in [7, 11) is 0. The number of hydrogen-bond donors (Lipinski definition) is 1. The van der Waals surface area contributed by atoms with Crippen LogP contribution in [0.15, 0.2) is 12.1 Å². The average molecular weight is 247 g/mol. The average Bonchev–Trinajstić information content (AvgIpc) is 2.48. The molecular formula is C10H8Cl2O3. The Morgan fingerprint density at radius 3 is 2.93 bits per heavy atom. The van der Waals surface area contributed by atoms with Gasteiger partial charge in [-0.15, -0.1) is 0 Å². The molecule has 0 fully saturated rings. The number of rotatable bonds is 2. The highest BCUT2D eigenvalue weighted by molar-refractivity contribution is 6.35. The molecule has 2 rings (SSSR count). The highest BCUT2D eigenvalue weighted by Gasteiger charge is 2.28. The minimum absolute atomic E-state index is 0.0314. The Kier molecular flexibility index (Phi) is 2.76. The summed E-state index contributed by atoms with van der Waals surface area (Å²) in [5.41, 5.74) is 0.787. The first kappa shape index (κ1) is 10.6. The molecule has 1 aromatic rings. The smallest absolute Gasteiger partial charge is 0.304 e. The molecule has 0 saturated heterocycles. The summed E-state index contributed by atoms with van der Waals surface area (Å²) in [6, 6.07) is 3.30. The van der Waals surface area contributed by atoms with Crippen molar-refractivity contribution >= 4 is 29.2 Å². The molecule has 0 amide bonds. The molecule has 0 unspecified atom stereocenters. The van der Waals surface area contributed by atoms with Crippen molar-refractivity contribution < 1.29 is 14.6 Å². The van der Waals surface area contributed by atoms with Crippen LogP contribution in [0.5, 0.6) is 5.75 Å². The lowest BCUT2D eigenvalue weighted by Crippen LogP contribution is -2.07. The maximum absolute atomic E-state index is 10.6. The number of hydrogen-bond acceptors (Lipinski definition) is 2. The molecule has 1 aliphatic heterocycles. The standard InChI is InChI=1S/C10H8Cl2O3/c11-6-2-7-5(1-9(13)14)4-15-10(7)8(12)3-6/h2-3,5H,1,4H2,(H,13,14)/t5-/m1/s1. The fourth-order valence-electron chi connectivity index (χ4n) is 1.69. The third-order valence-corrected chi connectivity index (χ3v) is 2.83. The normalized spacial score (nSPS) is 18.4. The molecule has 1 atom stereocenters. The van der Waals surface area contributed by atoms with E-state index in [2.05, 4.69) is 0 Å². The van der Waals surface area contributed by atoms with Gasteiger partial charge in [-0.3, -0.25) is 4.79 Å². The molecule has 1 aliphatic rings. The maximum Gasteiger partial charge on any atom is 0.304 e. The topological polar surface area (TPSA) is 46.5 Å². The zero-order valence-electron chi connectivity index (χ0n) is 7.67. The first-order chi connectivity index (χ1) is 7.08. The Hall–Kier alpha value is -0.930. The van der Waals surface area contributed by atoms with Gasteiger partial charge in [0.2, 0.25) is 0 Å². The van der Waals surface area contributed by atoms with Gasteiger partial charge in [0, 0.05) is 16.5 Å². The summed E-state index contributed by atoms with van der Waals surface area (Å²) in [6.45, 7) is 0.349. The van der Waals surface area contributed by atoms with Gasteiger partial charge in [-0.1, -0.05) is 23.2 Å². The number of carboxylic acids is 1. The van der Waals surface area contributed by atoms with Gasteiger partial charge < -0.3 is 9.84 Å². The van der Waals surface area contributed by atoms with Crippen molar-refractivity contribution in [3.63, 3.8) is 0 Å². The van der Waals surface area contributed by atoms with Gasteiger partial charge in [0.05, 0.1) is 18.1 Å². The van der Waals surface area contributed by atoms with Crippen molar-refractivity contribution in [1.29, 1.82) is 0 Å². The summed E-state index contributed by atoms with van der Waals surface area (Å²) >= 11 is 11.8. The highest BCUT2D eigenvalue weighted by Crippen LogP contribution is 2.42. The Bertz CT molecular complexity index is 417. The molecule has 0 aromatic heterocycles. The van der Waals surface area contributed by atoms with E-state index >= 15 is 0 Å². The SMILES string of the molecule is O=C(O)C[C@@H]1COc2c(Cl)cc(Cl)cc21. The minimum atomic E-state index is -0.854. The van der Waals surface area contributed by atoms with Crippen LogP contribution >= 0.6 is 23.2 Å². The van der Waals surface area contributed by atoms with Crippen LogP contribution in [0.25, 0.3) is 0 Å². The van der Waals surface area contributed by atoms with Gasteiger partial charge in [-0.25, -0.2) is 0 Å². The zero-order chi connectivity index (χ0) is 11.0. The fraction of sp³-hybridized carbons (Fsp3) is 0.300. The van der Waals surface area contributed by atoms with Crippen LogP contribution in [0.4, 0.5) is 0 Å². The van der Waals surface area contributed by atoms with E-state index in [1.54, 1.807) is 12.1 Å². The molecule has 5 heteroatoms. The summed E-state index contributed by atoms with van der Waals surface area (Å²) in [5.74, 6) is -0.450. The predicted octanol–water partition coefficient (Wildman–Crippen LogP) is 2.94. The third kappa shape index (κ3) is 2.03. The zero-order valence-corrected chi connectivity index (χ0v) is 9.18. The second-order valence-electron chi connectivity index (χ2n) is 3.41. The molecule has 0 saturated carbocycles. The Labute approximate surface area is 96.6 Å². The van der Waals surface area contributed by atoms with Gasteiger partial charge in [0.1, 0.15) is 5.75 Å². The van der Waals surface area contributed by atoms with Crippen LogP contribution in [0, 0.1) is 0 Å². The van der Waals surface area contributed by atoms with Crippen molar-refractivity contribution in [1.82, 2.24) is 0 Å². The summed E-state index contributed by atoms with van der Waals surface area (Å²) in [4.78, 5) is 10.6. The molecule has 0 aliphatic carbocycles. The van der Waals surface area contributed by atoms with Crippen molar-refractivity contribution in [2.24, 2.45) is 0 Å². The van der Waals surface area contributed by atoms with Gasteiger partial charge in [0.15, 0.2) is 0 Å². The molecule has 1 N–H and O–H groups in total. The molecule has 80 valence electrons. The van der Waals surface area contributed by atoms with Crippen LogP contribution in [0.2, 0.25) is 10.0 Å². The number of ether oxygens (including phenoxy) is 1. The lowest BCUT2D eigenvalue weighted by atomic mass is 9.98. The van der Waals surface area contributed by atoms with Crippen molar-refractivity contribution in [3.05, 3.63) is 27.7 Å². The lowest BCUT2D eigenvalue weighted by molar-refractivity contribution is -0.137. The number of benzene rings is 1. The number of carbonyl (C=O) groups is 1. The third-order valence-electron chi connectivity index (χ3n) is 2.33. The number of halogens is 2. The first-order valence-corrected chi connectivity index (χ1v) is 5.17. The van der Waals surface area contributed by atoms with Crippen LogP contribution in [-0.4, -0.2) is 17.7 Å². The van der Waals surface area contributed by atoms with E-state index in [0.717, 1.165) is 5.56 Å². The number of aliphatic carboxylic acids is 1. The highest BCUT2D eigenvalue weighted by atomic mass is 35.5. The van der Waals surface area contributed by atoms with E-state index in [-0.39, 0.29) is 12.3 Å². The van der Waals surface area contributed by atoms with Gasteiger partial charge in [-0.2, -0.15) is 0 Å². The van der Waals surface area contributed by atoms with Crippen LogP contribution < -0.4 is 4.74 Å². The van der Waals surface area contributed by atoms with Gasteiger partial charge in [0.25, 0.3) is 0 Å². The molecule has 3 nitrogen and oxygen atoms in total. The van der Waals surface area contributed by atoms with Gasteiger partial charge in [-0.05, 0) is 12.1 Å².